The summed E-state index contributed by atoms with van der Waals surface area (Å²) in [6.07, 6.45) is 4.05. The van der Waals surface area contributed by atoms with Crippen LogP contribution in [-0.4, -0.2) is 24.3 Å². The summed E-state index contributed by atoms with van der Waals surface area (Å²) in [5.74, 6) is 0.904. The van der Waals surface area contributed by atoms with E-state index in [1.807, 2.05) is 13.0 Å². The summed E-state index contributed by atoms with van der Waals surface area (Å²) in [5.41, 5.74) is 2.65. The molecule has 2 fully saturated rings. The van der Waals surface area contributed by atoms with E-state index >= 15 is 0 Å². The first-order chi connectivity index (χ1) is 9.01. The first kappa shape index (κ1) is 12.9. The van der Waals surface area contributed by atoms with E-state index < -0.39 is 5.60 Å². The number of nitrogens with one attached hydrogen (secondary N) is 1. The van der Waals surface area contributed by atoms with Gasteiger partial charge in [-0.3, -0.25) is 0 Å². The lowest BCUT2D eigenvalue weighted by Crippen LogP contribution is -2.47. The molecule has 2 atom stereocenters. The third kappa shape index (κ3) is 2.15. The summed E-state index contributed by atoms with van der Waals surface area (Å²) in [6.45, 7) is 4.11. The van der Waals surface area contributed by atoms with Gasteiger partial charge >= 0.3 is 0 Å². The van der Waals surface area contributed by atoms with Crippen molar-refractivity contribution in [3.8, 4) is 5.75 Å². The summed E-state index contributed by atoms with van der Waals surface area (Å²) < 4.78 is 5.36. The number of aryl methyl sites for hydroxylation is 2. The topological polar surface area (TPSA) is 41.5 Å². The first-order valence-electron chi connectivity index (χ1n) is 7.16. The Morgan fingerprint density at radius 2 is 1.79 bits per heavy atom. The van der Waals surface area contributed by atoms with Crippen LogP contribution in [0.3, 0.4) is 0 Å². The van der Waals surface area contributed by atoms with Crippen molar-refractivity contribution in [2.24, 2.45) is 0 Å². The van der Waals surface area contributed by atoms with Crippen LogP contribution in [0, 0.1) is 13.8 Å². The molecule has 2 heterocycles. The minimum Gasteiger partial charge on any atom is -0.496 e. The molecule has 2 aliphatic heterocycles. The second-order valence-electron chi connectivity index (χ2n) is 6.21. The molecule has 104 valence electrons. The molecule has 19 heavy (non-hydrogen) atoms. The number of ether oxygens (including phenoxy) is 1. The summed E-state index contributed by atoms with van der Waals surface area (Å²) in [6, 6.07) is 5.11. The fourth-order valence-electron chi connectivity index (χ4n) is 3.85. The average molecular weight is 261 g/mol. The maximum absolute atomic E-state index is 11.1. The monoisotopic (exact) mass is 261 g/mol. The lowest BCUT2D eigenvalue weighted by atomic mass is 9.79. The van der Waals surface area contributed by atoms with Gasteiger partial charge < -0.3 is 15.2 Å². The number of methoxy groups -OCH3 is 1. The second kappa shape index (κ2) is 4.50. The molecule has 1 aromatic carbocycles. The molecule has 0 amide bonds. The van der Waals surface area contributed by atoms with Crippen LogP contribution in [0.2, 0.25) is 0 Å². The molecule has 0 aliphatic carbocycles. The molecule has 2 N–H and O–H groups in total. The summed E-state index contributed by atoms with van der Waals surface area (Å²) in [5, 5.41) is 14.7. The standard InChI is InChI=1S/C16H23NO2/c1-10-7-15(19-3)11(2)6-14(10)16(18)8-12-4-5-13(9-16)17-12/h6-7,12-13,17-18H,4-5,8-9H2,1-3H3. The molecule has 1 aromatic rings. The molecule has 2 unspecified atom stereocenters. The summed E-state index contributed by atoms with van der Waals surface area (Å²) in [7, 11) is 1.70. The molecule has 2 bridgehead atoms. The minimum atomic E-state index is -0.668. The molecular formula is C16H23NO2. The number of aliphatic hydroxyl groups is 1. The van der Waals surface area contributed by atoms with Crippen LogP contribution >= 0.6 is 0 Å². The van der Waals surface area contributed by atoms with Crippen molar-refractivity contribution in [2.75, 3.05) is 7.11 Å². The Morgan fingerprint density at radius 1 is 1.16 bits per heavy atom. The highest BCUT2D eigenvalue weighted by Crippen LogP contribution is 2.42. The number of hydrogen-bond donors (Lipinski definition) is 2. The number of benzene rings is 1. The molecule has 0 radical (unpaired) electrons. The number of fused-ring (bicyclic) bond motifs is 2. The van der Waals surface area contributed by atoms with Crippen LogP contribution in [0.5, 0.6) is 5.75 Å². The van der Waals surface area contributed by atoms with Crippen LogP contribution in [0.25, 0.3) is 0 Å². The van der Waals surface area contributed by atoms with E-state index in [1.165, 1.54) is 12.8 Å². The molecule has 2 aliphatic rings. The number of hydrogen-bond acceptors (Lipinski definition) is 3. The van der Waals surface area contributed by atoms with E-state index in [0.29, 0.717) is 12.1 Å². The van der Waals surface area contributed by atoms with Gasteiger partial charge in [0.05, 0.1) is 12.7 Å². The van der Waals surface area contributed by atoms with E-state index in [4.69, 9.17) is 4.74 Å². The highest BCUT2D eigenvalue weighted by molar-refractivity contribution is 5.44. The third-order valence-electron chi connectivity index (χ3n) is 4.75. The smallest absolute Gasteiger partial charge is 0.122 e. The van der Waals surface area contributed by atoms with Crippen molar-refractivity contribution < 1.29 is 9.84 Å². The summed E-state index contributed by atoms with van der Waals surface area (Å²) in [4.78, 5) is 0. The van der Waals surface area contributed by atoms with Gasteiger partial charge in [-0.2, -0.15) is 0 Å². The van der Waals surface area contributed by atoms with Gasteiger partial charge in [0.15, 0.2) is 0 Å². The molecule has 0 saturated carbocycles. The maximum atomic E-state index is 11.1. The Kier molecular flexibility index (Phi) is 3.06. The highest BCUT2D eigenvalue weighted by Gasteiger charge is 2.44. The third-order valence-corrected chi connectivity index (χ3v) is 4.75. The average Bonchev–Trinajstić information content (AvgIpc) is 2.71. The van der Waals surface area contributed by atoms with Crippen LogP contribution in [0.4, 0.5) is 0 Å². The van der Waals surface area contributed by atoms with Crippen molar-refractivity contribution in [2.45, 2.75) is 57.2 Å². The molecule has 0 aromatic heterocycles. The SMILES string of the molecule is COc1cc(C)c(C2(O)CC3CCC(C2)N3)cc1C. The molecular weight excluding hydrogens is 238 g/mol. The maximum Gasteiger partial charge on any atom is 0.122 e. The zero-order valence-electron chi connectivity index (χ0n) is 12.0. The number of rotatable bonds is 2. The van der Waals surface area contributed by atoms with Crippen LogP contribution in [-0.2, 0) is 5.60 Å². The minimum absolute atomic E-state index is 0.477. The lowest BCUT2D eigenvalue weighted by Gasteiger charge is -2.38. The molecule has 3 nitrogen and oxygen atoms in total. The first-order valence-corrected chi connectivity index (χ1v) is 7.16. The lowest BCUT2D eigenvalue weighted by molar-refractivity contribution is -0.0120. The molecule has 0 spiro atoms. The van der Waals surface area contributed by atoms with E-state index in [2.05, 4.69) is 18.3 Å². The molecule has 3 rings (SSSR count). The Labute approximate surface area is 115 Å². The fourth-order valence-corrected chi connectivity index (χ4v) is 3.85. The van der Waals surface area contributed by atoms with Crippen molar-refractivity contribution in [1.29, 1.82) is 0 Å². The van der Waals surface area contributed by atoms with Gasteiger partial charge in [-0.15, -0.1) is 0 Å². The van der Waals surface area contributed by atoms with Gasteiger partial charge in [-0.1, -0.05) is 0 Å². The van der Waals surface area contributed by atoms with E-state index in [0.717, 1.165) is 35.3 Å². The predicted molar refractivity (Wildman–Crippen MR) is 75.5 cm³/mol. The fraction of sp³-hybridized carbons (Fsp3) is 0.625. The zero-order chi connectivity index (χ0) is 13.6. The largest absolute Gasteiger partial charge is 0.496 e. The van der Waals surface area contributed by atoms with E-state index in [9.17, 15) is 5.11 Å². The van der Waals surface area contributed by atoms with Gasteiger partial charge in [-0.25, -0.2) is 0 Å². The molecule has 2 saturated heterocycles. The molecule has 3 heteroatoms. The Bertz CT molecular complexity index is 486. The zero-order valence-corrected chi connectivity index (χ0v) is 12.0. The van der Waals surface area contributed by atoms with Crippen LogP contribution in [0.15, 0.2) is 12.1 Å². The Morgan fingerprint density at radius 3 is 2.37 bits per heavy atom. The van der Waals surface area contributed by atoms with Gasteiger partial charge in [-0.05, 0) is 68.4 Å². The normalized spacial score (nSPS) is 33.5. The van der Waals surface area contributed by atoms with Gasteiger partial charge in [0, 0.05) is 12.1 Å². The van der Waals surface area contributed by atoms with Gasteiger partial charge in [0.2, 0.25) is 0 Å². The van der Waals surface area contributed by atoms with Crippen molar-refractivity contribution in [3.05, 3.63) is 28.8 Å². The predicted octanol–water partition coefficient (Wildman–Crippen LogP) is 2.41. The number of piperidine rings is 1. The van der Waals surface area contributed by atoms with Gasteiger partial charge in [0.25, 0.3) is 0 Å². The quantitative estimate of drug-likeness (QED) is 0.859. The van der Waals surface area contributed by atoms with E-state index in [1.54, 1.807) is 7.11 Å². The summed E-state index contributed by atoms with van der Waals surface area (Å²) >= 11 is 0. The Balaban J connectivity index is 1.99. The Hall–Kier alpha value is -1.06. The van der Waals surface area contributed by atoms with Crippen molar-refractivity contribution in [3.63, 3.8) is 0 Å². The highest BCUT2D eigenvalue weighted by atomic mass is 16.5. The van der Waals surface area contributed by atoms with Crippen LogP contribution in [0.1, 0.15) is 42.4 Å². The van der Waals surface area contributed by atoms with Crippen molar-refractivity contribution in [1.82, 2.24) is 5.32 Å². The second-order valence-corrected chi connectivity index (χ2v) is 6.21. The van der Waals surface area contributed by atoms with Gasteiger partial charge in [0.1, 0.15) is 5.75 Å². The van der Waals surface area contributed by atoms with Crippen LogP contribution < -0.4 is 10.1 Å². The van der Waals surface area contributed by atoms with Crippen molar-refractivity contribution >= 4 is 0 Å². The van der Waals surface area contributed by atoms with E-state index in [-0.39, 0.29) is 0 Å².